The first-order valence-corrected chi connectivity index (χ1v) is 12.2. The number of fused-ring (bicyclic) bond motifs is 3. The highest BCUT2D eigenvalue weighted by Crippen LogP contribution is 2.44. The average Bonchev–Trinajstić information content (AvgIpc) is 2.96. The van der Waals surface area contributed by atoms with Crippen molar-refractivity contribution in [1.29, 1.82) is 0 Å². The van der Waals surface area contributed by atoms with Crippen molar-refractivity contribution in [3.05, 3.63) is 134 Å². The van der Waals surface area contributed by atoms with E-state index in [1.54, 1.807) is 0 Å². The summed E-state index contributed by atoms with van der Waals surface area (Å²) in [4.78, 5) is 9.83. The van der Waals surface area contributed by atoms with Gasteiger partial charge in [0.1, 0.15) is 0 Å². The molecule has 0 radical (unpaired) electrons. The van der Waals surface area contributed by atoms with E-state index in [0.29, 0.717) is 0 Å². The third kappa shape index (κ3) is 3.27. The summed E-state index contributed by atoms with van der Waals surface area (Å²) in [5.41, 5.74) is 5.57. The van der Waals surface area contributed by atoms with Crippen molar-refractivity contribution in [3.8, 4) is 33.8 Å². The number of nitrogens with zero attached hydrogens (tertiary/aromatic N) is 2. The molecule has 6 aromatic carbocycles. The van der Waals surface area contributed by atoms with Crippen molar-refractivity contribution in [2.75, 3.05) is 0 Å². The second kappa shape index (κ2) is 8.44. The highest BCUT2D eigenvalue weighted by Gasteiger charge is 2.19. The van der Waals surface area contributed by atoms with Gasteiger partial charge in [-0.1, -0.05) is 121 Å². The number of benzene rings is 6. The Balaban J connectivity index is 1.59. The molecule has 2 heteroatoms. The molecule has 0 bridgehead atoms. The molecule has 0 fully saturated rings. The van der Waals surface area contributed by atoms with Gasteiger partial charge in [-0.25, -0.2) is 9.97 Å². The molecule has 7 rings (SSSR count). The van der Waals surface area contributed by atoms with E-state index >= 15 is 0 Å². The van der Waals surface area contributed by atoms with Crippen molar-refractivity contribution in [2.45, 2.75) is 0 Å². The summed E-state index contributed by atoms with van der Waals surface area (Å²) in [5.74, 6) is 0.744. The molecule has 0 unspecified atom stereocenters. The zero-order valence-corrected chi connectivity index (χ0v) is 19.6. The fourth-order valence-corrected chi connectivity index (χ4v) is 5.35. The molecule has 1 heterocycles. The molecule has 168 valence electrons. The van der Waals surface area contributed by atoms with Gasteiger partial charge in [0.2, 0.25) is 0 Å². The van der Waals surface area contributed by atoms with Crippen LogP contribution in [0.2, 0.25) is 0 Å². The van der Waals surface area contributed by atoms with Crippen LogP contribution in [0.5, 0.6) is 0 Å². The van der Waals surface area contributed by atoms with Crippen LogP contribution >= 0.6 is 0 Å². The lowest BCUT2D eigenvalue weighted by atomic mass is 9.86. The second-order valence-electron chi connectivity index (χ2n) is 9.00. The first kappa shape index (κ1) is 20.5. The van der Waals surface area contributed by atoms with Crippen LogP contribution in [0, 0.1) is 0 Å². The Morgan fingerprint density at radius 3 is 1.67 bits per heavy atom. The van der Waals surface area contributed by atoms with Crippen molar-refractivity contribution in [2.24, 2.45) is 0 Å². The maximum Gasteiger partial charge on any atom is 0.161 e. The minimum Gasteiger partial charge on any atom is -0.237 e. The highest BCUT2D eigenvalue weighted by molar-refractivity contribution is 6.23. The summed E-state index contributed by atoms with van der Waals surface area (Å²) >= 11 is 0. The second-order valence-corrected chi connectivity index (χ2v) is 9.00. The Morgan fingerprint density at radius 2 is 0.972 bits per heavy atom. The monoisotopic (exact) mass is 458 g/mol. The predicted molar refractivity (Wildman–Crippen MR) is 151 cm³/mol. The third-order valence-corrected chi connectivity index (χ3v) is 6.94. The van der Waals surface area contributed by atoms with Crippen LogP contribution in [0.1, 0.15) is 0 Å². The molecule has 36 heavy (non-hydrogen) atoms. The Morgan fingerprint density at radius 1 is 0.417 bits per heavy atom. The standard InChI is InChI=1S/C34H22N2/c1-2-12-24(13-3-1)31-21-22-35-34(36-31)33-29-18-8-6-16-27(29)32(28-17-7-9-19-30(28)33)26-20-10-14-23-11-4-5-15-25(23)26/h1-22H. The van der Waals surface area contributed by atoms with Gasteiger partial charge in [-0.3, -0.25) is 0 Å². The molecule has 0 amide bonds. The third-order valence-electron chi connectivity index (χ3n) is 6.94. The quantitative estimate of drug-likeness (QED) is 0.247. The van der Waals surface area contributed by atoms with E-state index in [2.05, 4.69) is 103 Å². The molecular formula is C34H22N2. The van der Waals surface area contributed by atoms with E-state index in [1.165, 1.54) is 32.7 Å². The average molecular weight is 459 g/mol. The lowest BCUT2D eigenvalue weighted by Crippen LogP contribution is -1.96. The molecule has 0 atom stereocenters. The topological polar surface area (TPSA) is 25.8 Å². The molecule has 0 aliphatic rings. The van der Waals surface area contributed by atoms with Crippen LogP contribution < -0.4 is 0 Å². The van der Waals surface area contributed by atoms with Gasteiger partial charge < -0.3 is 0 Å². The lowest BCUT2D eigenvalue weighted by Gasteiger charge is -2.18. The van der Waals surface area contributed by atoms with E-state index in [-0.39, 0.29) is 0 Å². The molecule has 1 aromatic heterocycles. The van der Waals surface area contributed by atoms with E-state index < -0.39 is 0 Å². The molecule has 7 aromatic rings. The maximum atomic E-state index is 5.05. The summed E-state index contributed by atoms with van der Waals surface area (Å²) in [7, 11) is 0. The Bertz CT molecular complexity index is 1830. The normalized spacial score (nSPS) is 11.3. The molecular weight excluding hydrogens is 436 g/mol. The Kier molecular flexibility index (Phi) is 4.82. The van der Waals surface area contributed by atoms with E-state index in [4.69, 9.17) is 9.97 Å². The molecule has 0 saturated carbocycles. The fourth-order valence-electron chi connectivity index (χ4n) is 5.35. The van der Waals surface area contributed by atoms with Crippen molar-refractivity contribution < 1.29 is 0 Å². The van der Waals surface area contributed by atoms with Gasteiger partial charge in [0.05, 0.1) is 5.69 Å². The van der Waals surface area contributed by atoms with Gasteiger partial charge in [0.15, 0.2) is 5.82 Å². The van der Waals surface area contributed by atoms with Crippen molar-refractivity contribution in [1.82, 2.24) is 9.97 Å². The van der Waals surface area contributed by atoms with Gasteiger partial charge in [-0.2, -0.15) is 0 Å². The first-order valence-electron chi connectivity index (χ1n) is 12.2. The number of rotatable bonds is 3. The molecule has 0 aliphatic carbocycles. The van der Waals surface area contributed by atoms with E-state index in [9.17, 15) is 0 Å². The van der Waals surface area contributed by atoms with Crippen molar-refractivity contribution in [3.63, 3.8) is 0 Å². The lowest BCUT2D eigenvalue weighted by molar-refractivity contribution is 1.19. The van der Waals surface area contributed by atoms with Gasteiger partial charge in [0.25, 0.3) is 0 Å². The first-order chi connectivity index (χ1) is 17.9. The van der Waals surface area contributed by atoms with Crippen LogP contribution in [0.4, 0.5) is 0 Å². The van der Waals surface area contributed by atoms with Crippen LogP contribution in [-0.2, 0) is 0 Å². The summed E-state index contributed by atoms with van der Waals surface area (Å²) in [5, 5.41) is 7.22. The van der Waals surface area contributed by atoms with Crippen LogP contribution in [0.15, 0.2) is 134 Å². The molecule has 0 saturated heterocycles. The largest absolute Gasteiger partial charge is 0.237 e. The Hall–Kier alpha value is -4.82. The number of hydrogen-bond donors (Lipinski definition) is 0. The van der Waals surface area contributed by atoms with Crippen molar-refractivity contribution >= 4 is 32.3 Å². The molecule has 0 aliphatic heterocycles. The fraction of sp³-hybridized carbons (Fsp3) is 0. The maximum absolute atomic E-state index is 5.05. The highest BCUT2D eigenvalue weighted by atomic mass is 14.9. The van der Waals surface area contributed by atoms with E-state index in [1.807, 2.05) is 30.5 Å². The minimum atomic E-state index is 0.744. The van der Waals surface area contributed by atoms with Crippen LogP contribution in [0.25, 0.3) is 66.1 Å². The zero-order valence-electron chi connectivity index (χ0n) is 19.6. The smallest absolute Gasteiger partial charge is 0.161 e. The van der Waals surface area contributed by atoms with E-state index in [0.717, 1.165) is 33.4 Å². The van der Waals surface area contributed by atoms with Gasteiger partial charge in [-0.05, 0) is 49.5 Å². The molecule has 0 N–H and O–H groups in total. The summed E-state index contributed by atoms with van der Waals surface area (Å²) in [6, 6.07) is 44.8. The van der Waals surface area contributed by atoms with Gasteiger partial charge in [0, 0.05) is 17.3 Å². The summed E-state index contributed by atoms with van der Waals surface area (Å²) in [6.07, 6.45) is 1.87. The number of hydrogen-bond acceptors (Lipinski definition) is 2. The summed E-state index contributed by atoms with van der Waals surface area (Å²) in [6.45, 7) is 0. The minimum absolute atomic E-state index is 0.744. The number of aromatic nitrogens is 2. The SMILES string of the molecule is c1ccc(-c2ccnc(-c3c4ccccc4c(-c4cccc5ccccc45)c4ccccc34)n2)cc1. The van der Waals surface area contributed by atoms with Crippen LogP contribution in [0.3, 0.4) is 0 Å². The zero-order chi connectivity index (χ0) is 23.9. The predicted octanol–water partition coefficient (Wildman–Crippen LogP) is 8.94. The Labute approximate surface area is 209 Å². The van der Waals surface area contributed by atoms with Gasteiger partial charge in [-0.15, -0.1) is 0 Å². The molecule has 2 nitrogen and oxygen atoms in total. The van der Waals surface area contributed by atoms with Crippen LogP contribution in [-0.4, -0.2) is 9.97 Å². The van der Waals surface area contributed by atoms with Gasteiger partial charge >= 0.3 is 0 Å². The summed E-state index contributed by atoms with van der Waals surface area (Å²) < 4.78 is 0. The molecule has 0 spiro atoms.